The Hall–Kier alpha value is -0.840. The highest BCUT2D eigenvalue weighted by atomic mass is 32.2. The van der Waals surface area contributed by atoms with E-state index in [-0.39, 0.29) is 0 Å². The monoisotopic (exact) mass is 236 g/mol. The SMILES string of the molecule is NCC=CCSc1nc2ccccc2s1. The van der Waals surface area contributed by atoms with Gasteiger partial charge < -0.3 is 5.73 Å². The smallest absolute Gasteiger partial charge is 0.151 e. The van der Waals surface area contributed by atoms with Crippen LogP contribution in [0.25, 0.3) is 10.2 Å². The molecule has 2 rings (SSSR count). The van der Waals surface area contributed by atoms with Gasteiger partial charge in [0.05, 0.1) is 10.2 Å². The van der Waals surface area contributed by atoms with Crippen LogP contribution in [0.5, 0.6) is 0 Å². The lowest BCUT2D eigenvalue weighted by Crippen LogP contribution is -1.92. The number of thiazole rings is 1. The molecule has 4 heteroatoms. The number of nitrogens with two attached hydrogens (primary N) is 1. The van der Waals surface area contributed by atoms with Crippen molar-refractivity contribution in [3.8, 4) is 0 Å². The van der Waals surface area contributed by atoms with E-state index in [2.05, 4.69) is 17.1 Å². The fraction of sp³-hybridized carbons (Fsp3) is 0.182. The van der Waals surface area contributed by atoms with Gasteiger partial charge >= 0.3 is 0 Å². The van der Waals surface area contributed by atoms with E-state index in [9.17, 15) is 0 Å². The Morgan fingerprint density at radius 2 is 2.20 bits per heavy atom. The van der Waals surface area contributed by atoms with Gasteiger partial charge in [0, 0.05) is 12.3 Å². The van der Waals surface area contributed by atoms with Gasteiger partial charge in [-0.25, -0.2) is 4.98 Å². The van der Waals surface area contributed by atoms with Crippen LogP contribution in [0.1, 0.15) is 0 Å². The average molecular weight is 236 g/mol. The van der Waals surface area contributed by atoms with Crippen molar-refractivity contribution >= 4 is 33.3 Å². The summed E-state index contributed by atoms with van der Waals surface area (Å²) in [6.45, 7) is 0.612. The van der Waals surface area contributed by atoms with E-state index in [0.29, 0.717) is 6.54 Å². The number of aromatic nitrogens is 1. The molecule has 0 aliphatic heterocycles. The molecule has 0 aliphatic rings. The largest absolute Gasteiger partial charge is 0.327 e. The number of hydrogen-bond acceptors (Lipinski definition) is 4. The highest BCUT2D eigenvalue weighted by Crippen LogP contribution is 2.29. The van der Waals surface area contributed by atoms with Gasteiger partial charge in [-0.2, -0.15) is 0 Å². The van der Waals surface area contributed by atoms with Crippen molar-refractivity contribution in [1.82, 2.24) is 4.98 Å². The van der Waals surface area contributed by atoms with E-state index in [1.165, 1.54) is 4.70 Å². The maximum Gasteiger partial charge on any atom is 0.151 e. The number of rotatable bonds is 4. The second kappa shape index (κ2) is 5.30. The summed E-state index contributed by atoms with van der Waals surface area (Å²) < 4.78 is 2.38. The molecule has 0 saturated carbocycles. The van der Waals surface area contributed by atoms with Crippen LogP contribution in [0.15, 0.2) is 40.8 Å². The zero-order valence-corrected chi connectivity index (χ0v) is 9.85. The molecule has 0 fully saturated rings. The molecule has 0 amide bonds. The standard InChI is InChI=1S/C11H12N2S2/c12-7-3-4-8-14-11-13-9-5-1-2-6-10(9)15-11/h1-6H,7-8,12H2. The molecule has 0 radical (unpaired) electrons. The summed E-state index contributed by atoms with van der Waals surface area (Å²) in [5, 5.41) is 0. The van der Waals surface area contributed by atoms with E-state index in [4.69, 9.17) is 5.73 Å². The predicted octanol–water partition coefficient (Wildman–Crippen LogP) is 2.90. The molecule has 1 aromatic heterocycles. The Balaban J connectivity index is 2.05. The van der Waals surface area contributed by atoms with Crippen molar-refractivity contribution in [1.29, 1.82) is 0 Å². The zero-order valence-electron chi connectivity index (χ0n) is 8.22. The lowest BCUT2D eigenvalue weighted by atomic mass is 10.3. The number of thioether (sulfide) groups is 1. The average Bonchev–Trinajstić information content (AvgIpc) is 2.67. The number of hydrogen-bond donors (Lipinski definition) is 1. The third kappa shape index (κ3) is 2.81. The molecule has 2 N–H and O–H groups in total. The summed E-state index contributed by atoms with van der Waals surface area (Å²) in [7, 11) is 0. The van der Waals surface area contributed by atoms with E-state index in [1.807, 2.05) is 24.3 Å². The first-order chi connectivity index (χ1) is 7.40. The number of nitrogens with zero attached hydrogens (tertiary/aromatic N) is 1. The lowest BCUT2D eigenvalue weighted by molar-refractivity contribution is 1.25. The Kier molecular flexibility index (Phi) is 3.77. The van der Waals surface area contributed by atoms with Gasteiger partial charge in [0.2, 0.25) is 0 Å². The summed E-state index contributed by atoms with van der Waals surface area (Å²) in [6, 6.07) is 8.21. The molecule has 1 heterocycles. The Bertz CT molecular complexity index is 429. The van der Waals surface area contributed by atoms with Crippen molar-refractivity contribution in [2.75, 3.05) is 12.3 Å². The van der Waals surface area contributed by atoms with Crippen LogP contribution in [0, 0.1) is 0 Å². The van der Waals surface area contributed by atoms with E-state index >= 15 is 0 Å². The van der Waals surface area contributed by atoms with Crippen molar-refractivity contribution < 1.29 is 0 Å². The normalized spacial score (nSPS) is 11.5. The van der Waals surface area contributed by atoms with Gasteiger partial charge in [-0.05, 0) is 12.1 Å². The van der Waals surface area contributed by atoms with Crippen LogP contribution >= 0.6 is 23.1 Å². The Labute approximate surface area is 97.2 Å². The van der Waals surface area contributed by atoms with E-state index in [1.54, 1.807) is 23.1 Å². The van der Waals surface area contributed by atoms with Gasteiger partial charge in [0.15, 0.2) is 4.34 Å². The van der Waals surface area contributed by atoms with Crippen molar-refractivity contribution in [2.45, 2.75) is 4.34 Å². The molecule has 2 aromatic rings. The number of fused-ring (bicyclic) bond motifs is 1. The van der Waals surface area contributed by atoms with Crippen LogP contribution in [0.2, 0.25) is 0 Å². The minimum Gasteiger partial charge on any atom is -0.327 e. The zero-order chi connectivity index (χ0) is 10.5. The molecule has 0 atom stereocenters. The minimum atomic E-state index is 0.612. The Morgan fingerprint density at radius 3 is 3.00 bits per heavy atom. The highest BCUT2D eigenvalue weighted by Gasteiger charge is 2.01. The Morgan fingerprint density at radius 1 is 1.33 bits per heavy atom. The van der Waals surface area contributed by atoms with Gasteiger partial charge in [-0.3, -0.25) is 0 Å². The molecule has 15 heavy (non-hydrogen) atoms. The summed E-state index contributed by atoms with van der Waals surface area (Å²) in [5.41, 5.74) is 6.45. The van der Waals surface area contributed by atoms with Gasteiger partial charge in [0.1, 0.15) is 0 Å². The second-order valence-electron chi connectivity index (χ2n) is 2.97. The fourth-order valence-corrected chi connectivity index (χ4v) is 3.14. The molecular weight excluding hydrogens is 224 g/mol. The molecule has 0 spiro atoms. The molecule has 0 saturated heterocycles. The fourth-order valence-electron chi connectivity index (χ4n) is 1.20. The third-order valence-corrected chi connectivity index (χ3v) is 4.01. The maximum absolute atomic E-state index is 5.36. The summed E-state index contributed by atoms with van der Waals surface area (Å²) >= 11 is 3.49. The van der Waals surface area contributed by atoms with E-state index < -0.39 is 0 Å². The van der Waals surface area contributed by atoms with Crippen molar-refractivity contribution in [2.24, 2.45) is 5.73 Å². The highest BCUT2D eigenvalue weighted by molar-refractivity contribution is 8.01. The van der Waals surface area contributed by atoms with Crippen molar-refractivity contribution in [3.63, 3.8) is 0 Å². The molecule has 0 bridgehead atoms. The molecular formula is C11H12N2S2. The van der Waals surface area contributed by atoms with E-state index in [0.717, 1.165) is 15.6 Å². The van der Waals surface area contributed by atoms with Crippen LogP contribution in [0.3, 0.4) is 0 Å². The number of para-hydroxylation sites is 1. The first-order valence-electron chi connectivity index (χ1n) is 4.73. The van der Waals surface area contributed by atoms with Crippen LogP contribution in [0.4, 0.5) is 0 Å². The number of benzene rings is 1. The molecule has 0 unspecified atom stereocenters. The summed E-state index contributed by atoms with van der Waals surface area (Å²) in [4.78, 5) is 4.53. The van der Waals surface area contributed by atoms with Crippen molar-refractivity contribution in [3.05, 3.63) is 36.4 Å². The predicted molar refractivity (Wildman–Crippen MR) is 68.5 cm³/mol. The molecule has 1 aromatic carbocycles. The first-order valence-corrected chi connectivity index (χ1v) is 6.54. The van der Waals surface area contributed by atoms with Gasteiger partial charge in [-0.15, -0.1) is 11.3 Å². The van der Waals surface area contributed by atoms with Crippen LogP contribution in [-0.4, -0.2) is 17.3 Å². The summed E-state index contributed by atoms with van der Waals surface area (Å²) in [6.07, 6.45) is 4.05. The van der Waals surface area contributed by atoms with Crippen LogP contribution in [-0.2, 0) is 0 Å². The second-order valence-corrected chi connectivity index (χ2v) is 5.26. The molecule has 2 nitrogen and oxygen atoms in total. The minimum absolute atomic E-state index is 0.612. The molecule has 78 valence electrons. The van der Waals surface area contributed by atoms with Crippen LogP contribution < -0.4 is 5.73 Å². The van der Waals surface area contributed by atoms with Gasteiger partial charge in [0.25, 0.3) is 0 Å². The van der Waals surface area contributed by atoms with Gasteiger partial charge in [-0.1, -0.05) is 36.0 Å². The summed E-state index contributed by atoms with van der Waals surface area (Å²) in [5.74, 6) is 0.941. The lowest BCUT2D eigenvalue weighted by Gasteiger charge is -1.88. The quantitative estimate of drug-likeness (QED) is 0.655. The first kappa shape index (κ1) is 10.7. The third-order valence-electron chi connectivity index (χ3n) is 1.88. The topological polar surface area (TPSA) is 38.9 Å². The molecule has 0 aliphatic carbocycles. The maximum atomic E-state index is 5.36.